The Bertz CT molecular complexity index is 314. The van der Waals surface area contributed by atoms with Crippen LogP contribution in [0.15, 0.2) is 0 Å². The Labute approximate surface area is 126 Å². The van der Waals surface area contributed by atoms with E-state index in [9.17, 15) is 19.8 Å². The van der Waals surface area contributed by atoms with Crippen LogP contribution < -0.4 is 0 Å². The van der Waals surface area contributed by atoms with Crippen LogP contribution in [0, 0.1) is 11.3 Å². The van der Waals surface area contributed by atoms with Gasteiger partial charge < -0.3 is 19.7 Å². The van der Waals surface area contributed by atoms with Crippen molar-refractivity contribution in [1.29, 1.82) is 0 Å². The summed E-state index contributed by atoms with van der Waals surface area (Å²) in [6.45, 7) is 7.78. The van der Waals surface area contributed by atoms with Crippen molar-refractivity contribution in [1.82, 2.24) is 0 Å². The number of rotatable bonds is 12. The van der Waals surface area contributed by atoms with Gasteiger partial charge in [0.2, 0.25) is 0 Å². The zero-order valence-electron chi connectivity index (χ0n) is 13.4. The second kappa shape index (κ2) is 9.73. The first-order valence-corrected chi connectivity index (χ1v) is 7.56. The number of carboxylic acids is 2. The molecule has 0 fully saturated rings. The van der Waals surface area contributed by atoms with Crippen LogP contribution >= 0.6 is 0 Å². The lowest BCUT2D eigenvalue weighted by Crippen LogP contribution is -2.47. The third kappa shape index (κ3) is 5.28. The number of hydrogen-bond acceptors (Lipinski definition) is 4. The Kier molecular flexibility index (Phi) is 9.21. The molecule has 2 unspecified atom stereocenters. The van der Waals surface area contributed by atoms with E-state index in [0.717, 1.165) is 0 Å². The van der Waals surface area contributed by atoms with Gasteiger partial charge in [-0.15, -0.1) is 0 Å². The lowest BCUT2D eigenvalue weighted by molar-refractivity contribution is -0.181. The maximum atomic E-state index is 11.7. The van der Waals surface area contributed by atoms with Gasteiger partial charge in [-0.25, -0.2) is 0 Å². The summed E-state index contributed by atoms with van der Waals surface area (Å²) in [5.41, 5.74) is -1.79. The van der Waals surface area contributed by atoms with E-state index >= 15 is 0 Å². The third-order valence-electron chi connectivity index (χ3n) is 3.68. The molecule has 21 heavy (non-hydrogen) atoms. The van der Waals surface area contributed by atoms with E-state index in [2.05, 4.69) is 0 Å². The standard InChI is InChI=1S/C15H28O6/c1-5-8-12(10-21-11(4)20-7-3)15(9-6-2,13(16)17)14(18)19/h11-12H,5-10H2,1-4H3,(H,16,17)(H,18,19). The summed E-state index contributed by atoms with van der Waals surface area (Å²) >= 11 is 0. The van der Waals surface area contributed by atoms with Crippen LogP contribution in [0.4, 0.5) is 0 Å². The van der Waals surface area contributed by atoms with Gasteiger partial charge in [0.25, 0.3) is 0 Å². The molecule has 2 atom stereocenters. The van der Waals surface area contributed by atoms with E-state index in [1.165, 1.54) is 0 Å². The highest BCUT2D eigenvalue weighted by Crippen LogP contribution is 2.37. The fourth-order valence-corrected chi connectivity index (χ4v) is 2.61. The van der Waals surface area contributed by atoms with Crippen LogP contribution in [0.1, 0.15) is 53.4 Å². The number of hydrogen-bond donors (Lipinski definition) is 2. The molecule has 0 aromatic rings. The summed E-state index contributed by atoms with van der Waals surface area (Å²) in [6, 6.07) is 0. The molecule has 0 saturated heterocycles. The van der Waals surface area contributed by atoms with Crippen molar-refractivity contribution in [2.24, 2.45) is 11.3 Å². The molecule has 0 aliphatic carbocycles. The van der Waals surface area contributed by atoms with Gasteiger partial charge in [0.05, 0.1) is 6.61 Å². The van der Waals surface area contributed by atoms with Crippen molar-refractivity contribution in [3.63, 3.8) is 0 Å². The van der Waals surface area contributed by atoms with Crippen molar-refractivity contribution in [2.45, 2.75) is 59.7 Å². The molecule has 0 aromatic heterocycles. The molecule has 124 valence electrons. The molecule has 6 nitrogen and oxygen atoms in total. The van der Waals surface area contributed by atoms with Crippen molar-refractivity contribution >= 4 is 11.9 Å². The fraction of sp³-hybridized carbons (Fsp3) is 0.867. The molecule has 0 bridgehead atoms. The van der Waals surface area contributed by atoms with Gasteiger partial charge in [-0.1, -0.05) is 26.7 Å². The first kappa shape index (κ1) is 19.9. The van der Waals surface area contributed by atoms with E-state index in [1.807, 2.05) is 13.8 Å². The SMILES string of the molecule is CCCC(COC(C)OCC)C(CCC)(C(=O)O)C(=O)O. The molecule has 0 radical (unpaired) electrons. The van der Waals surface area contributed by atoms with E-state index in [4.69, 9.17) is 9.47 Å². The van der Waals surface area contributed by atoms with E-state index in [1.54, 1.807) is 13.8 Å². The highest BCUT2D eigenvalue weighted by atomic mass is 16.7. The summed E-state index contributed by atoms with van der Waals surface area (Å²) in [6.07, 6.45) is 1.28. The number of carboxylic acid groups (broad SMARTS) is 2. The summed E-state index contributed by atoms with van der Waals surface area (Å²) in [5, 5.41) is 19.0. The summed E-state index contributed by atoms with van der Waals surface area (Å²) < 4.78 is 10.7. The van der Waals surface area contributed by atoms with Crippen molar-refractivity contribution in [2.75, 3.05) is 13.2 Å². The minimum Gasteiger partial charge on any atom is -0.480 e. The van der Waals surface area contributed by atoms with Gasteiger partial charge in [0, 0.05) is 12.5 Å². The lowest BCUT2D eigenvalue weighted by atomic mass is 9.70. The quantitative estimate of drug-likeness (QED) is 0.425. The topological polar surface area (TPSA) is 93.1 Å². The minimum atomic E-state index is -1.79. The molecule has 0 heterocycles. The second-order valence-corrected chi connectivity index (χ2v) is 5.17. The van der Waals surface area contributed by atoms with Gasteiger partial charge in [0.15, 0.2) is 11.7 Å². The Morgan fingerprint density at radius 1 is 1.05 bits per heavy atom. The second-order valence-electron chi connectivity index (χ2n) is 5.17. The largest absolute Gasteiger partial charge is 0.480 e. The normalized spacial score (nSPS) is 14.7. The molecule has 2 N–H and O–H groups in total. The molecule has 0 amide bonds. The van der Waals surface area contributed by atoms with Crippen LogP contribution in [-0.2, 0) is 19.1 Å². The Morgan fingerprint density at radius 3 is 2.00 bits per heavy atom. The molecule has 0 aliphatic heterocycles. The highest BCUT2D eigenvalue weighted by Gasteiger charge is 2.51. The van der Waals surface area contributed by atoms with Crippen LogP contribution in [-0.4, -0.2) is 41.7 Å². The van der Waals surface area contributed by atoms with Gasteiger partial charge in [-0.3, -0.25) is 9.59 Å². The predicted molar refractivity (Wildman–Crippen MR) is 78.1 cm³/mol. The molecule has 6 heteroatoms. The summed E-state index contributed by atoms with van der Waals surface area (Å²) in [5.74, 6) is -3.16. The van der Waals surface area contributed by atoms with Crippen LogP contribution in [0.25, 0.3) is 0 Å². The number of ether oxygens (including phenoxy) is 2. The van der Waals surface area contributed by atoms with Crippen molar-refractivity contribution in [3.8, 4) is 0 Å². The molecular weight excluding hydrogens is 276 g/mol. The molecule has 0 spiro atoms. The monoisotopic (exact) mass is 304 g/mol. The van der Waals surface area contributed by atoms with E-state index < -0.39 is 29.6 Å². The highest BCUT2D eigenvalue weighted by molar-refractivity contribution is 5.98. The van der Waals surface area contributed by atoms with Gasteiger partial charge in [-0.05, 0) is 26.7 Å². The zero-order valence-corrected chi connectivity index (χ0v) is 13.4. The smallest absolute Gasteiger partial charge is 0.321 e. The number of aliphatic carboxylic acids is 2. The maximum Gasteiger partial charge on any atom is 0.321 e. The minimum absolute atomic E-state index is 0.0631. The lowest BCUT2D eigenvalue weighted by Gasteiger charge is -2.33. The van der Waals surface area contributed by atoms with Crippen molar-refractivity contribution in [3.05, 3.63) is 0 Å². The molecule has 0 aromatic carbocycles. The van der Waals surface area contributed by atoms with E-state index in [0.29, 0.717) is 25.9 Å². The predicted octanol–water partition coefficient (Wildman–Crippen LogP) is 2.76. The van der Waals surface area contributed by atoms with Crippen LogP contribution in [0.2, 0.25) is 0 Å². The maximum absolute atomic E-state index is 11.7. The Morgan fingerprint density at radius 2 is 1.62 bits per heavy atom. The first-order chi connectivity index (χ1) is 9.86. The van der Waals surface area contributed by atoms with Crippen LogP contribution in [0.3, 0.4) is 0 Å². The fourth-order valence-electron chi connectivity index (χ4n) is 2.61. The average Bonchev–Trinajstić information content (AvgIpc) is 2.40. The summed E-state index contributed by atoms with van der Waals surface area (Å²) in [4.78, 5) is 23.3. The number of carbonyl (C=O) groups is 2. The van der Waals surface area contributed by atoms with Gasteiger partial charge >= 0.3 is 11.9 Å². The molecular formula is C15H28O6. The first-order valence-electron chi connectivity index (χ1n) is 7.56. The Balaban J connectivity index is 5.22. The van der Waals surface area contributed by atoms with Gasteiger partial charge in [-0.2, -0.15) is 0 Å². The van der Waals surface area contributed by atoms with Gasteiger partial charge in [0.1, 0.15) is 0 Å². The molecule has 0 aliphatic rings. The summed E-state index contributed by atoms with van der Waals surface area (Å²) in [7, 11) is 0. The van der Waals surface area contributed by atoms with E-state index in [-0.39, 0.29) is 13.0 Å². The van der Waals surface area contributed by atoms with Crippen LogP contribution in [0.5, 0.6) is 0 Å². The Hall–Kier alpha value is -1.14. The molecule has 0 saturated carbocycles. The zero-order chi connectivity index (χ0) is 16.5. The molecule has 0 rings (SSSR count). The average molecular weight is 304 g/mol. The third-order valence-corrected chi connectivity index (χ3v) is 3.68. The van der Waals surface area contributed by atoms with Crippen molar-refractivity contribution < 1.29 is 29.3 Å².